The Morgan fingerprint density at radius 1 is 0.939 bits per heavy atom. The predicted octanol–water partition coefficient (Wildman–Crippen LogP) is 2.55. The fourth-order valence-corrected chi connectivity index (χ4v) is 6.20. The maximum absolute atomic E-state index is 13.4. The van der Waals surface area contributed by atoms with Gasteiger partial charge in [-0.05, 0) is 31.2 Å². The van der Waals surface area contributed by atoms with Crippen molar-refractivity contribution in [2.45, 2.75) is 17.9 Å². The van der Waals surface area contributed by atoms with Crippen molar-refractivity contribution in [1.82, 2.24) is 23.7 Å². The molecule has 2 aromatic carbocycles. The van der Waals surface area contributed by atoms with E-state index >= 15 is 0 Å². The third kappa shape index (κ3) is 3.72. The van der Waals surface area contributed by atoms with E-state index in [1.807, 2.05) is 31.2 Å². The molecule has 0 bridgehead atoms. The molecule has 1 fully saturated rings. The van der Waals surface area contributed by atoms with Gasteiger partial charge in [-0.1, -0.05) is 24.3 Å². The Morgan fingerprint density at radius 2 is 1.70 bits per heavy atom. The van der Waals surface area contributed by atoms with Gasteiger partial charge in [-0.3, -0.25) is 19.2 Å². The number of sulfonamides is 1. The van der Waals surface area contributed by atoms with E-state index in [2.05, 4.69) is 9.88 Å². The Bertz CT molecular complexity index is 1500. The van der Waals surface area contributed by atoms with Crippen molar-refractivity contribution >= 4 is 31.7 Å². The lowest BCUT2D eigenvalue weighted by atomic mass is 10.2. The minimum atomic E-state index is -3.64. The van der Waals surface area contributed by atoms with Crippen molar-refractivity contribution in [1.29, 1.82) is 0 Å². The van der Waals surface area contributed by atoms with Gasteiger partial charge in [0.2, 0.25) is 10.0 Å². The molecule has 2 aromatic heterocycles. The van der Waals surface area contributed by atoms with Crippen LogP contribution in [0.5, 0.6) is 0 Å². The number of rotatable bonds is 4. The smallest absolute Gasteiger partial charge is 0.261 e. The zero-order valence-electron chi connectivity index (χ0n) is 18.5. The van der Waals surface area contributed by atoms with Gasteiger partial charge in [-0.2, -0.15) is 4.31 Å². The molecular formula is C24H25N5O3S. The summed E-state index contributed by atoms with van der Waals surface area (Å²) >= 11 is 0. The molecule has 170 valence electrons. The zero-order chi connectivity index (χ0) is 23.2. The molecule has 0 amide bonds. The standard InChI is InChI=1S/C24H25N5O3S/c1-17(23-26-21-8-4-3-7-20(21)24(30)27(23)2)28-12-14-29(15-13-28)33(31,32)22-9-5-6-18-16-25-11-10-19(18)22/h3-11,16-17H,12-15H2,1-2H3. The maximum atomic E-state index is 13.4. The quantitative estimate of drug-likeness (QED) is 0.462. The highest BCUT2D eigenvalue weighted by Gasteiger charge is 2.32. The molecule has 5 rings (SSSR count). The molecule has 9 heteroatoms. The zero-order valence-corrected chi connectivity index (χ0v) is 19.4. The minimum absolute atomic E-state index is 0.0749. The summed E-state index contributed by atoms with van der Waals surface area (Å²) in [5.41, 5.74) is 0.600. The monoisotopic (exact) mass is 463 g/mol. The van der Waals surface area contributed by atoms with Gasteiger partial charge in [0.05, 0.1) is 21.8 Å². The fourth-order valence-electron chi connectivity index (χ4n) is 4.56. The highest BCUT2D eigenvalue weighted by atomic mass is 32.2. The first kappa shape index (κ1) is 21.7. The van der Waals surface area contributed by atoms with Crippen molar-refractivity contribution in [2.24, 2.45) is 7.05 Å². The highest BCUT2D eigenvalue weighted by Crippen LogP contribution is 2.27. The van der Waals surface area contributed by atoms with E-state index in [9.17, 15) is 13.2 Å². The van der Waals surface area contributed by atoms with Gasteiger partial charge in [0.25, 0.3) is 5.56 Å². The van der Waals surface area contributed by atoms with E-state index < -0.39 is 10.0 Å². The van der Waals surface area contributed by atoms with Crippen LogP contribution in [0, 0.1) is 0 Å². The Balaban J connectivity index is 1.39. The predicted molar refractivity (Wildman–Crippen MR) is 127 cm³/mol. The summed E-state index contributed by atoms with van der Waals surface area (Å²) in [5.74, 6) is 0.677. The summed E-state index contributed by atoms with van der Waals surface area (Å²) in [7, 11) is -1.90. The molecule has 1 aliphatic rings. The Kier molecular flexibility index (Phi) is 5.48. The second kappa shape index (κ2) is 8.33. The first-order chi connectivity index (χ1) is 15.9. The fraction of sp³-hybridized carbons (Fsp3) is 0.292. The summed E-state index contributed by atoms with van der Waals surface area (Å²) in [6.45, 7) is 3.86. The van der Waals surface area contributed by atoms with Crippen LogP contribution in [0.15, 0.2) is 70.6 Å². The maximum Gasteiger partial charge on any atom is 0.261 e. The minimum Gasteiger partial charge on any atom is -0.298 e. The largest absolute Gasteiger partial charge is 0.298 e. The average Bonchev–Trinajstić information content (AvgIpc) is 2.85. The van der Waals surface area contributed by atoms with Crippen molar-refractivity contribution in [3.8, 4) is 0 Å². The molecule has 33 heavy (non-hydrogen) atoms. The number of nitrogens with zero attached hydrogens (tertiary/aromatic N) is 5. The Labute approximate surface area is 192 Å². The van der Waals surface area contributed by atoms with Crippen LogP contribution < -0.4 is 5.56 Å². The normalized spacial score (nSPS) is 16.9. The number of hydrogen-bond acceptors (Lipinski definition) is 6. The number of piperazine rings is 1. The van der Waals surface area contributed by atoms with Gasteiger partial charge in [-0.15, -0.1) is 0 Å². The summed E-state index contributed by atoms with van der Waals surface area (Å²) in [4.78, 5) is 24.1. The first-order valence-corrected chi connectivity index (χ1v) is 12.3. The van der Waals surface area contributed by atoms with Gasteiger partial charge >= 0.3 is 0 Å². The highest BCUT2D eigenvalue weighted by molar-refractivity contribution is 7.89. The van der Waals surface area contributed by atoms with Crippen LogP contribution in [0.4, 0.5) is 0 Å². The molecule has 8 nitrogen and oxygen atoms in total. The van der Waals surface area contributed by atoms with Gasteiger partial charge < -0.3 is 0 Å². The second-order valence-electron chi connectivity index (χ2n) is 8.32. The van der Waals surface area contributed by atoms with Crippen molar-refractivity contribution in [2.75, 3.05) is 26.2 Å². The van der Waals surface area contributed by atoms with E-state index in [4.69, 9.17) is 4.98 Å². The summed E-state index contributed by atoms with van der Waals surface area (Å²) in [6.07, 6.45) is 3.29. The number of benzene rings is 2. The molecule has 0 N–H and O–H groups in total. The molecule has 1 unspecified atom stereocenters. The molecule has 1 atom stereocenters. The summed E-state index contributed by atoms with van der Waals surface area (Å²) in [6, 6.07) is 14.2. The van der Waals surface area contributed by atoms with E-state index in [-0.39, 0.29) is 11.6 Å². The lowest BCUT2D eigenvalue weighted by Crippen LogP contribution is -2.49. The van der Waals surface area contributed by atoms with Gasteiger partial charge in [-0.25, -0.2) is 13.4 Å². The Morgan fingerprint density at radius 3 is 2.48 bits per heavy atom. The first-order valence-electron chi connectivity index (χ1n) is 10.9. The molecule has 1 aliphatic heterocycles. The van der Waals surface area contributed by atoms with Crippen LogP contribution in [-0.2, 0) is 17.1 Å². The van der Waals surface area contributed by atoms with E-state index in [0.29, 0.717) is 53.2 Å². The van der Waals surface area contributed by atoms with Crippen molar-refractivity contribution < 1.29 is 8.42 Å². The molecule has 1 saturated heterocycles. The third-order valence-electron chi connectivity index (χ3n) is 6.47. The van der Waals surface area contributed by atoms with Crippen molar-refractivity contribution in [3.05, 3.63) is 77.1 Å². The third-order valence-corrected chi connectivity index (χ3v) is 8.43. The van der Waals surface area contributed by atoms with E-state index in [0.717, 1.165) is 5.39 Å². The van der Waals surface area contributed by atoms with Gasteiger partial charge in [0.15, 0.2) is 0 Å². The molecule has 0 saturated carbocycles. The van der Waals surface area contributed by atoms with Crippen LogP contribution in [0.3, 0.4) is 0 Å². The van der Waals surface area contributed by atoms with Crippen LogP contribution >= 0.6 is 0 Å². The van der Waals surface area contributed by atoms with Crippen LogP contribution in [-0.4, -0.2) is 58.3 Å². The van der Waals surface area contributed by atoms with Crippen LogP contribution in [0.1, 0.15) is 18.8 Å². The number of fused-ring (bicyclic) bond motifs is 2. The number of pyridine rings is 1. The van der Waals surface area contributed by atoms with Crippen LogP contribution in [0.2, 0.25) is 0 Å². The second-order valence-corrected chi connectivity index (χ2v) is 10.2. The lowest BCUT2D eigenvalue weighted by Gasteiger charge is -2.37. The lowest BCUT2D eigenvalue weighted by molar-refractivity contribution is 0.139. The number of para-hydroxylation sites is 1. The molecule has 4 aromatic rings. The van der Waals surface area contributed by atoms with E-state index in [1.165, 1.54) is 4.31 Å². The number of aromatic nitrogens is 3. The topological polar surface area (TPSA) is 88.4 Å². The summed E-state index contributed by atoms with van der Waals surface area (Å²) in [5, 5.41) is 2.07. The molecule has 3 heterocycles. The number of hydrogen-bond donors (Lipinski definition) is 0. The molecular weight excluding hydrogens is 438 g/mol. The molecule has 0 aliphatic carbocycles. The van der Waals surface area contributed by atoms with Gasteiger partial charge in [0.1, 0.15) is 5.82 Å². The van der Waals surface area contributed by atoms with Gasteiger partial charge in [0, 0.05) is 56.4 Å². The molecule has 0 radical (unpaired) electrons. The van der Waals surface area contributed by atoms with E-state index in [1.54, 1.807) is 48.3 Å². The van der Waals surface area contributed by atoms with Crippen LogP contribution in [0.25, 0.3) is 21.7 Å². The Hall–Kier alpha value is -3.14. The SMILES string of the molecule is CC(c1nc2ccccc2c(=O)n1C)N1CCN(S(=O)(=O)c2cccc3cnccc23)CC1. The van der Waals surface area contributed by atoms with Crippen molar-refractivity contribution in [3.63, 3.8) is 0 Å². The average molecular weight is 464 g/mol. The summed E-state index contributed by atoms with van der Waals surface area (Å²) < 4.78 is 30.0. The molecule has 0 spiro atoms.